The maximum Gasteiger partial charge on any atom is 0.244 e. The molecule has 1 unspecified atom stereocenters. The van der Waals surface area contributed by atoms with Crippen LogP contribution in [0.15, 0.2) is 27.6 Å². The first-order valence-electron chi connectivity index (χ1n) is 6.04. The Morgan fingerprint density at radius 3 is 2.68 bits per heavy atom. The van der Waals surface area contributed by atoms with Crippen molar-refractivity contribution in [3.05, 3.63) is 22.7 Å². The third-order valence-electron chi connectivity index (χ3n) is 3.43. The van der Waals surface area contributed by atoms with Gasteiger partial charge in [0.15, 0.2) is 0 Å². The highest BCUT2D eigenvalue weighted by atomic mass is 79.9. The number of nitrogens with zero attached hydrogens (tertiary/aromatic N) is 2. The lowest BCUT2D eigenvalue weighted by Gasteiger charge is -2.20. The van der Waals surface area contributed by atoms with Gasteiger partial charge in [-0.25, -0.2) is 8.42 Å². The van der Waals surface area contributed by atoms with Crippen molar-refractivity contribution in [3.8, 4) is 0 Å². The minimum absolute atomic E-state index is 0.243. The Bertz CT molecular complexity index is 574. The Labute approximate surface area is 122 Å². The number of hydrogen-bond donors (Lipinski definition) is 1. The molecule has 0 aromatic heterocycles. The Balaban J connectivity index is 2.31. The van der Waals surface area contributed by atoms with Crippen molar-refractivity contribution in [1.82, 2.24) is 9.21 Å². The van der Waals surface area contributed by atoms with Crippen LogP contribution in [-0.4, -0.2) is 50.8 Å². The summed E-state index contributed by atoms with van der Waals surface area (Å²) in [5, 5.41) is 0. The van der Waals surface area contributed by atoms with E-state index >= 15 is 0 Å². The Hall–Kier alpha value is -0.630. The Morgan fingerprint density at radius 1 is 1.42 bits per heavy atom. The molecule has 0 bridgehead atoms. The maximum atomic E-state index is 12.6. The van der Waals surface area contributed by atoms with Crippen LogP contribution >= 0.6 is 15.9 Å². The molecule has 0 radical (unpaired) electrons. The predicted molar refractivity (Wildman–Crippen MR) is 79.4 cm³/mol. The highest BCUT2D eigenvalue weighted by Crippen LogP contribution is 2.29. The van der Waals surface area contributed by atoms with Gasteiger partial charge in [0.2, 0.25) is 10.0 Å². The van der Waals surface area contributed by atoms with Crippen LogP contribution in [-0.2, 0) is 10.0 Å². The van der Waals surface area contributed by atoms with Crippen LogP contribution in [0.5, 0.6) is 0 Å². The first-order valence-corrected chi connectivity index (χ1v) is 8.27. The summed E-state index contributed by atoms with van der Waals surface area (Å²) in [6, 6.07) is 5.12. The lowest BCUT2D eigenvalue weighted by atomic mass is 10.2. The van der Waals surface area contributed by atoms with Crippen LogP contribution in [0.1, 0.15) is 6.42 Å². The van der Waals surface area contributed by atoms with E-state index in [9.17, 15) is 8.42 Å². The van der Waals surface area contributed by atoms with E-state index in [1.807, 2.05) is 14.1 Å². The maximum absolute atomic E-state index is 12.6. The SMILES string of the molecule is CN(C)C1CCN(S(=O)(=O)c2cc(N)ccc2Br)C1. The van der Waals surface area contributed by atoms with Crippen molar-refractivity contribution >= 4 is 31.6 Å². The van der Waals surface area contributed by atoms with E-state index in [0.29, 0.717) is 23.2 Å². The van der Waals surface area contributed by atoms with Crippen molar-refractivity contribution < 1.29 is 8.42 Å². The predicted octanol–water partition coefficient (Wildman–Crippen LogP) is 1.36. The van der Waals surface area contributed by atoms with Crippen molar-refractivity contribution in [2.24, 2.45) is 0 Å². The highest BCUT2D eigenvalue weighted by molar-refractivity contribution is 9.10. The van der Waals surface area contributed by atoms with Crippen molar-refractivity contribution in [2.75, 3.05) is 32.9 Å². The fraction of sp³-hybridized carbons (Fsp3) is 0.500. The van der Waals surface area contributed by atoms with Crippen LogP contribution in [0.25, 0.3) is 0 Å². The van der Waals surface area contributed by atoms with Gasteiger partial charge >= 0.3 is 0 Å². The second kappa shape index (κ2) is 5.40. The number of nitrogens with two attached hydrogens (primary N) is 1. The first kappa shape index (κ1) is 14.8. The number of anilines is 1. The average molecular weight is 348 g/mol. The molecule has 0 spiro atoms. The summed E-state index contributed by atoms with van der Waals surface area (Å²) < 4.78 is 27.3. The van der Waals surface area contributed by atoms with Crippen LogP contribution in [0.3, 0.4) is 0 Å². The van der Waals surface area contributed by atoms with Gasteiger partial charge in [-0.05, 0) is 54.6 Å². The summed E-state index contributed by atoms with van der Waals surface area (Å²) in [4.78, 5) is 2.30. The fourth-order valence-electron chi connectivity index (χ4n) is 2.21. The summed E-state index contributed by atoms with van der Waals surface area (Å²) in [5.41, 5.74) is 6.14. The van der Waals surface area contributed by atoms with Gasteiger partial charge in [0.1, 0.15) is 0 Å². The molecule has 1 fully saturated rings. The van der Waals surface area contributed by atoms with E-state index in [1.54, 1.807) is 12.1 Å². The molecule has 0 aliphatic carbocycles. The minimum Gasteiger partial charge on any atom is -0.399 e. The van der Waals surface area contributed by atoms with Crippen molar-refractivity contribution in [3.63, 3.8) is 0 Å². The molecule has 5 nitrogen and oxygen atoms in total. The number of sulfonamides is 1. The van der Waals surface area contributed by atoms with Crippen LogP contribution < -0.4 is 5.73 Å². The zero-order valence-electron chi connectivity index (χ0n) is 11.0. The second-order valence-corrected chi connectivity index (χ2v) is 7.72. The summed E-state index contributed by atoms with van der Waals surface area (Å²) in [7, 11) is 0.460. The number of rotatable bonds is 3. The van der Waals surface area contributed by atoms with Gasteiger partial charge in [0, 0.05) is 29.3 Å². The molecule has 1 aliphatic rings. The average Bonchev–Trinajstić information content (AvgIpc) is 2.82. The largest absolute Gasteiger partial charge is 0.399 e. The molecule has 1 saturated heterocycles. The van der Waals surface area contributed by atoms with E-state index in [0.717, 1.165) is 6.42 Å². The van der Waals surface area contributed by atoms with Gasteiger partial charge in [-0.15, -0.1) is 0 Å². The summed E-state index contributed by atoms with van der Waals surface area (Å²) in [6.07, 6.45) is 0.853. The number of benzene rings is 1. The van der Waals surface area contributed by atoms with Gasteiger partial charge in [-0.1, -0.05) is 0 Å². The highest BCUT2D eigenvalue weighted by Gasteiger charge is 2.34. The third-order valence-corrected chi connectivity index (χ3v) is 6.29. The van der Waals surface area contributed by atoms with E-state index < -0.39 is 10.0 Å². The molecule has 2 N–H and O–H groups in total. The quantitative estimate of drug-likeness (QED) is 0.838. The molecular weight excluding hydrogens is 330 g/mol. The molecule has 1 aromatic rings. The minimum atomic E-state index is -3.48. The molecule has 2 rings (SSSR count). The molecule has 19 heavy (non-hydrogen) atoms. The van der Waals surface area contributed by atoms with Gasteiger partial charge in [0.25, 0.3) is 0 Å². The van der Waals surface area contributed by atoms with Crippen molar-refractivity contribution in [2.45, 2.75) is 17.4 Å². The van der Waals surface area contributed by atoms with Crippen molar-refractivity contribution in [1.29, 1.82) is 0 Å². The van der Waals surface area contributed by atoms with Crippen LogP contribution in [0.4, 0.5) is 5.69 Å². The molecule has 1 atom stereocenters. The van der Waals surface area contributed by atoms with E-state index in [-0.39, 0.29) is 10.9 Å². The number of nitrogen functional groups attached to an aromatic ring is 1. The van der Waals surface area contributed by atoms with Gasteiger partial charge in [0.05, 0.1) is 4.90 Å². The molecule has 1 heterocycles. The molecule has 7 heteroatoms. The summed E-state index contributed by atoms with van der Waals surface area (Å²) in [5.74, 6) is 0. The number of likely N-dealkylation sites (N-methyl/N-ethyl adjacent to an activating group) is 1. The van der Waals surface area contributed by atoms with Crippen LogP contribution in [0, 0.1) is 0 Å². The monoisotopic (exact) mass is 347 g/mol. The van der Waals surface area contributed by atoms with Gasteiger partial charge in [-0.2, -0.15) is 4.31 Å². The van der Waals surface area contributed by atoms with E-state index in [4.69, 9.17) is 5.73 Å². The zero-order valence-corrected chi connectivity index (χ0v) is 13.4. The molecular formula is C12H18BrN3O2S. The molecule has 1 aliphatic heterocycles. The van der Waals surface area contributed by atoms with Gasteiger partial charge in [-0.3, -0.25) is 0 Å². The molecule has 1 aromatic carbocycles. The molecule has 0 saturated carbocycles. The van der Waals surface area contributed by atoms with Gasteiger partial charge < -0.3 is 10.6 Å². The van der Waals surface area contributed by atoms with E-state index in [1.165, 1.54) is 10.4 Å². The first-order chi connectivity index (χ1) is 8.82. The molecule has 0 amide bonds. The standard InChI is InChI=1S/C12H18BrN3O2S/c1-15(2)10-5-6-16(8-10)19(17,18)12-7-9(14)3-4-11(12)13/h3-4,7,10H,5-6,8,14H2,1-2H3. The smallest absolute Gasteiger partial charge is 0.244 e. The Kier molecular flexibility index (Phi) is 4.20. The zero-order chi connectivity index (χ0) is 14.2. The fourth-order valence-corrected chi connectivity index (χ4v) is 4.66. The topological polar surface area (TPSA) is 66.6 Å². The van der Waals surface area contributed by atoms with E-state index in [2.05, 4.69) is 20.8 Å². The normalized spacial score (nSPS) is 21.2. The Morgan fingerprint density at radius 2 is 2.11 bits per heavy atom. The van der Waals surface area contributed by atoms with Crippen LogP contribution in [0.2, 0.25) is 0 Å². The summed E-state index contributed by atoms with van der Waals surface area (Å²) >= 11 is 3.29. The number of halogens is 1. The lowest BCUT2D eigenvalue weighted by Crippen LogP contribution is -2.34. The number of hydrogen-bond acceptors (Lipinski definition) is 4. The third kappa shape index (κ3) is 2.94. The summed E-state index contributed by atoms with van der Waals surface area (Å²) in [6.45, 7) is 1.07. The second-order valence-electron chi connectivity index (χ2n) is 4.96. The molecule has 106 valence electrons. The lowest BCUT2D eigenvalue weighted by molar-refractivity contribution is 0.302.